The van der Waals surface area contributed by atoms with Crippen molar-refractivity contribution >= 4 is 29.2 Å². The Morgan fingerprint density at radius 1 is 1.19 bits per heavy atom. The van der Waals surface area contributed by atoms with E-state index in [9.17, 15) is 24.0 Å². The van der Waals surface area contributed by atoms with Crippen molar-refractivity contribution in [3.05, 3.63) is 52.5 Å². The minimum Gasteiger partial charge on any atom is -0.394 e. The highest BCUT2D eigenvalue weighted by atomic mass is 16.2. The Morgan fingerprint density at radius 3 is 2.68 bits per heavy atom. The number of carbonyl (C=O) groups is 4. The molecular weight excluding hydrogens is 474 g/mol. The summed E-state index contributed by atoms with van der Waals surface area (Å²) in [6.07, 6.45) is 11.3. The third-order valence-corrected chi connectivity index (χ3v) is 6.60. The van der Waals surface area contributed by atoms with Gasteiger partial charge in [0.25, 0.3) is 17.4 Å². The molecule has 37 heavy (non-hydrogen) atoms. The molecule has 4 rings (SSSR count). The molecule has 10 heteroatoms. The molecule has 1 aromatic rings. The number of allylic oxidation sites excluding steroid dienone is 2. The lowest BCUT2D eigenvalue weighted by Crippen LogP contribution is -2.51. The smallest absolute Gasteiger partial charge is 0.289 e. The van der Waals surface area contributed by atoms with Crippen LogP contribution in [0, 0.1) is 23.7 Å². The normalized spacial score (nSPS) is 20.1. The fraction of sp³-hybridized carbons (Fsp3) is 0.444. The first-order chi connectivity index (χ1) is 17.8. The van der Waals surface area contributed by atoms with Crippen LogP contribution in [0.2, 0.25) is 0 Å². The average Bonchev–Trinajstić information content (AvgIpc) is 3.64. The molecule has 5 N–H and O–H groups in total. The second kappa shape index (κ2) is 11.7. The molecule has 0 bridgehead atoms. The Labute approximate surface area is 214 Å². The highest BCUT2D eigenvalue weighted by molar-refractivity contribution is 6.38. The lowest BCUT2D eigenvalue weighted by molar-refractivity contribution is -0.140. The number of Topliss-reactive ketones (excluding diaryl/α,β-unsaturated/α-hetero) is 1. The third kappa shape index (κ3) is 6.76. The molecule has 1 aliphatic heterocycles. The van der Waals surface area contributed by atoms with Gasteiger partial charge in [-0.05, 0) is 56.2 Å². The van der Waals surface area contributed by atoms with E-state index in [2.05, 4.69) is 27.8 Å². The molecule has 0 spiro atoms. The van der Waals surface area contributed by atoms with Crippen LogP contribution in [-0.4, -0.2) is 47.2 Å². The zero-order chi connectivity index (χ0) is 26.4. The van der Waals surface area contributed by atoms with Gasteiger partial charge in [0, 0.05) is 31.1 Å². The number of nitrogens with one attached hydrogen (secondary N) is 3. The predicted molar refractivity (Wildman–Crippen MR) is 137 cm³/mol. The molecule has 10 nitrogen and oxygen atoms in total. The number of ketones is 1. The van der Waals surface area contributed by atoms with Gasteiger partial charge in [-0.3, -0.25) is 28.5 Å². The van der Waals surface area contributed by atoms with Crippen LogP contribution in [0.5, 0.6) is 0 Å². The van der Waals surface area contributed by atoms with E-state index in [1.807, 2.05) is 18.2 Å². The Hall–Kier alpha value is -4.13. The summed E-state index contributed by atoms with van der Waals surface area (Å²) < 4.78 is 1.12. The van der Waals surface area contributed by atoms with Crippen LogP contribution in [0.25, 0.3) is 0 Å². The van der Waals surface area contributed by atoms with Crippen molar-refractivity contribution in [3.8, 4) is 11.8 Å². The average molecular weight is 506 g/mol. The topological polar surface area (TPSA) is 152 Å². The van der Waals surface area contributed by atoms with Crippen LogP contribution in [0.1, 0.15) is 44.6 Å². The van der Waals surface area contributed by atoms with E-state index in [1.54, 1.807) is 0 Å². The molecule has 2 fully saturated rings. The van der Waals surface area contributed by atoms with Crippen molar-refractivity contribution < 1.29 is 19.2 Å². The van der Waals surface area contributed by atoms with Gasteiger partial charge in [-0.1, -0.05) is 30.1 Å². The van der Waals surface area contributed by atoms with E-state index in [-0.39, 0.29) is 30.5 Å². The van der Waals surface area contributed by atoms with Crippen molar-refractivity contribution in [1.82, 2.24) is 20.5 Å². The number of hydrogen-bond acceptors (Lipinski definition) is 6. The fourth-order valence-electron chi connectivity index (χ4n) is 4.28. The summed E-state index contributed by atoms with van der Waals surface area (Å²) in [6, 6.07) is 0.446. The SMILES string of the molecule is Nc1cccn([C@@H](C#CC2CC2)C(=O)NC(C[C@@H]2CCNC2=O)C(=O)C(=O)NCC2=CCCC=C2)c1=O. The zero-order valence-electron chi connectivity index (χ0n) is 20.5. The maximum atomic E-state index is 13.4. The van der Waals surface area contributed by atoms with Crippen molar-refractivity contribution in [2.45, 2.75) is 50.6 Å². The second-order valence-corrected chi connectivity index (χ2v) is 9.52. The van der Waals surface area contributed by atoms with Gasteiger partial charge in [-0.15, -0.1) is 0 Å². The molecule has 3 atom stereocenters. The van der Waals surface area contributed by atoms with Gasteiger partial charge in [-0.25, -0.2) is 0 Å². The van der Waals surface area contributed by atoms with Crippen LogP contribution in [0.4, 0.5) is 5.69 Å². The number of amides is 3. The molecule has 2 heterocycles. The largest absolute Gasteiger partial charge is 0.394 e. The number of aromatic nitrogens is 1. The van der Waals surface area contributed by atoms with Crippen molar-refractivity contribution in [1.29, 1.82) is 0 Å². The number of carbonyl (C=O) groups excluding carboxylic acids is 4. The number of nitrogens with zero attached hydrogens (tertiary/aromatic N) is 1. The van der Waals surface area contributed by atoms with Gasteiger partial charge < -0.3 is 21.7 Å². The Kier molecular flexibility index (Phi) is 8.23. The van der Waals surface area contributed by atoms with Gasteiger partial charge in [0.15, 0.2) is 6.04 Å². The molecule has 0 aromatic carbocycles. The molecule has 1 saturated carbocycles. The minimum atomic E-state index is -1.26. The number of rotatable bonds is 9. The number of nitrogen functional groups attached to an aromatic ring is 1. The molecule has 0 radical (unpaired) electrons. The van der Waals surface area contributed by atoms with Crippen LogP contribution in [0.3, 0.4) is 0 Å². The van der Waals surface area contributed by atoms with Crippen LogP contribution in [-0.2, 0) is 19.2 Å². The van der Waals surface area contributed by atoms with Gasteiger partial charge >= 0.3 is 0 Å². The molecule has 2 aliphatic carbocycles. The van der Waals surface area contributed by atoms with Crippen LogP contribution in [0.15, 0.2) is 46.9 Å². The summed E-state index contributed by atoms with van der Waals surface area (Å²) in [7, 11) is 0. The summed E-state index contributed by atoms with van der Waals surface area (Å²) in [5.41, 5.74) is 6.02. The molecule has 194 valence electrons. The van der Waals surface area contributed by atoms with Crippen LogP contribution >= 0.6 is 0 Å². The molecule has 3 aliphatic rings. The first-order valence-corrected chi connectivity index (χ1v) is 12.6. The van der Waals surface area contributed by atoms with E-state index in [0.717, 1.165) is 35.8 Å². The summed E-state index contributed by atoms with van der Waals surface area (Å²) in [4.78, 5) is 64.2. The van der Waals surface area contributed by atoms with Gasteiger partial charge in [0.05, 0.1) is 11.7 Å². The van der Waals surface area contributed by atoms with E-state index in [4.69, 9.17) is 5.73 Å². The minimum absolute atomic E-state index is 0.0406. The van der Waals surface area contributed by atoms with Gasteiger partial charge in [0.1, 0.15) is 0 Å². The van der Waals surface area contributed by atoms with Crippen molar-refractivity contribution in [2.75, 3.05) is 18.8 Å². The summed E-state index contributed by atoms with van der Waals surface area (Å²) >= 11 is 0. The third-order valence-electron chi connectivity index (χ3n) is 6.60. The van der Waals surface area contributed by atoms with Gasteiger partial charge in [0.2, 0.25) is 11.7 Å². The quantitative estimate of drug-likeness (QED) is 0.281. The Balaban J connectivity index is 1.54. The standard InChI is InChI=1S/C27H31N5O5/c28-20-7-4-14-32(27(20)37)22(11-10-17-8-9-17)25(35)31-21(15-19-12-13-29-24(19)34)23(33)26(36)30-16-18-5-2-1-3-6-18/h2,4-7,14,17,19,21-22H,1,3,8-9,12-13,15-16,28H2,(H,29,34)(H,30,36)(H,31,35)/t19-,21?,22-/m0/s1. The summed E-state index contributed by atoms with van der Waals surface area (Å²) in [6.45, 7) is 0.638. The first kappa shape index (κ1) is 25.9. The van der Waals surface area contributed by atoms with E-state index < -0.39 is 41.2 Å². The summed E-state index contributed by atoms with van der Waals surface area (Å²) in [5, 5.41) is 7.93. The van der Waals surface area contributed by atoms with Crippen molar-refractivity contribution in [2.24, 2.45) is 11.8 Å². The summed E-state index contributed by atoms with van der Waals surface area (Å²) in [5.74, 6) is 2.80. The molecular formula is C27H31N5O5. The van der Waals surface area contributed by atoms with E-state index in [1.165, 1.54) is 18.3 Å². The zero-order valence-corrected chi connectivity index (χ0v) is 20.5. The maximum Gasteiger partial charge on any atom is 0.289 e. The second-order valence-electron chi connectivity index (χ2n) is 9.52. The highest BCUT2D eigenvalue weighted by Crippen LogP contribution is 2.28. The molecule has 1 saturated heterocycles. The first-order valence-electron chi connectivity index (χ1n) is 12.6. The lowest BCUT2D eigenvalue weighted by Gasteiger charge is -2.22. The van der Waals surface area contributed by atoms with E-state index >= 15 is 0 Å². The Morgan fingerprint density at radius 2 is 2.00 bits per heavy atom. The maximum absolute atomic E-state index is 13.4. The Bertz CT molecular complexity index is 1260. The van der Waals surface area contributed by atoms with Crippen molar-refractivity contribution in [3.63, 3.8) is 0 Å². The molecule has 1 aromatic heterocycles. The molecule has 3 amide bonds. The number of nitrogens with two attached hydrogens (primary N) is 1. The lowest BCUT2D eigenvalue weighted by atomic mass is 9.95. The number of anilines is 1. The van der Waals surface area contributed by atoms with Crippen LogP contribution < -0.4 is 27.2 Å². The van der Waals surface area contributed by atoms with Gasteiger partial charge in [-0.2, -0.15) is 0 Å². The van der Waals surface area contributed by atoms with E-state index in [0.29, 0.717) is 13.0 Å². The number of pyridine rings is 1. The number of hydrogen-bond donors (Lipinski definition) is 4. The fourth-order valence-corrected chi connectivity index (χ4v) is 4.28. The highest BCUT2D eigenvalue weighted by Gasteiger charge is 2.35. The monoisotopic (exact) mass is 505 g/mol. The predicted octanol–water partition coefficient (Wildman–Crippen LogP) is 0.358. The molecule has 1 unspecified atom stereocenters.